The predicted octanol–water partition coefficient (Wildman–Crippen LogP) is 2.11. The molecule has 0 aliphatic heterocycles. The van der Waals surface area contributed by atoms with Gasteiger partial charge in [0.25, 0.3) is 0 Å². The highest BCUT2D eigenvalue weighted by molar-refractivity contribution is 9.10. The van der Waals surface area contributed by atoms with Crippen molar-refractivity contribution in [2.45, 2.75) is 6.54 Å². The summed E-state index contributed by atoms with van der Waals surface area (Å²) < 4.78 is 2.95. The summed E-state index contributed by atoms with van der Waals surface area (Å²) in [7, 11) is 1.94. The summed E-state index contributed by atoms with van der Waals surface area (Å²) in [6.07, 6.45) is 0. The van der Waals surface area contributed by atoms with Gasteiger partial charge in [-0.15, -0.1) is 0 Å². The number of rotatable bonds is 1. The first-order valence-corrected chi connectivity index (χ1v) is 5.10. The smallest absolute Gasteiger partial charge is 0.125 e. The SMILES string of the molecule is Cn1c(CN)cc2c(O)ccc(Br)c21. The van der Waals surface area contributed by atoms with Crippen LogP contribution in [0.3, 0.4) is 0 Å². The number of fused-ring (bicyclic) bond motifs is 1. The van der Waals surface area contributed by atoms with Crippen LogP contribution in [0.15, 0.2) is 22.7 Å². The Morgan fingerprint density at radius 1 is 1.50 bits per heavy atom. The van der Waals surface area contributed by atoms with Crippen molar-refractivity contribution >= 4 is 26.8 Å². The Morgan fingerprint density at radius 3 is 2.79 bits per heavy atom. The van der Waals surface area contributed by atoms with Gasteiger partial charge >= 0.3 is 0 Å². The van der Waals surface area contributed by atoms with Crippen LogP contribution in [-0.2, 0) is 13.6 Å². The molecule has 0 unspecified atom stereocenters. The largest absolute Gasteiger partial charge is 0.507 e. The van der Waals surface area contributed by atoms with E-state index in [1.807, 2.05) is 23.7 Å². The van der Waals surface area contributed by atoms with Crippen molar-refractivity contribution in [3.63, 3.8) is 0 Å². The Bertz CT molecular complexity index is 490. The minimum absolute atomic E-state index is 0.290. The predicted molar refractivity (Wildman–Crippen MR) is 60.2 cm³/mol. The molecular weight excluding hydrogens is 244 g/mol. The topological polar surface area (TPSA) is 51.2 Å². The lowest BCUT2D eigenvalue weighted by molar-refractivity contribution is 0.481. The summed E-state index contributed by atoms with van der Waals surface area (Å²) in [6, 6.07) is 5.42. The van der Waals surface area contributed by atoms with E-state index in [4.69, 9.17) is 5.73 Å². The van der Waals surface area contributed by atoms with Crippen molar-refractivity contribution in [3.05, 3.63) is 28.4 Å². The molecule has 14 heavy (non-hydrogen) atoms. The Kier molecular flexibility index (Phi) is 2.25. The van der Waals surface area contributed by atoms with Gasteiger partial charge in [0.05, 0.1) is 5.52 Å². The molecule has 1 heterocycles. The second-order valence-corrected chi connectivity index (χ2v) is 4.08. The molecule has 3 N–H and O–H groups in total. The van der Waals surface area contributed by atoms with E-state index >= 15 is 0 Å². The zero-order chi connectivity index (χ0) is 10.3. The Morgan fingerprint density at radius 2 is 2.21 bits per heavy atom. The molecule has 0 atom stereocenters. The number of nitrogens with zero attached hydrogens (tertiary/aromatic N) is 1. The van der Waals surface area contributed by atoms with Gasteiger partial charge in [0.15, 0.2) is 0 Å². The highest BCUT2D eigenvalue weighted by atomic mass is 79.9. The molecule has 1 aromatic carbocycles. The van der Waals surface area contributed by atoms with Crippen LogP contribution in [0, 0.1) is 0 Å². The van der Waals surface area contributed by atoms with Crippen molar-refractivity contribution in [3.8, 4) is 5.75 Å². The fraction of sp³-hybridized carbons (Fsp3) is 0.200. The molecule has 0 aliphatic carbocycles. The fourth-order valence-corrected chi connectivity index (χ4v) is 2.27. The molecule has 0 saturated heterocycles. The number of aromatic nitrogens is 1. The van der Waals surface area contributed by atoms with E-state index in [1.54, 1.807) is 6.07 Å². The molecule has 0 aliphatic rings. The highest BCUT2D eigenvalue weighted by Crippen LogP contribution is 2.32. The van der Waals surface area contributed by atoms with E-state index < -0.39 is 0 Å². The maximum Gasteiger partial charge on any atom is 0.125 e. The second kappa shape index (κ2) is 3.29. The highest BCUT2D eigenvalue weighted by Gasteiger charge is 2.10. The number of halogens is 1. The number of benzene rings is 1. The van der Waals surface area contributed by atoms with Gasteiger partial charge in [-0.2, -0.15) is 0 Å². The maximum absolute atomic E-state index is 9.65. The number of phenolic OH excluding ortho intramolecular Hbond substituents is 1. The van der Waals surface area contributed by atoms with Gasteiger partial charge in [-0.3, -0.25) is 0 Å². The first-order chi connectivity index (χ1) is 6.65. The zero-order valence-corrected chi connectivity index (χ0v) is 9.37. The monoisotopic (exact) mass is 254 g/mol. The van der Waals surface area contributed by atoms with Crippen molar-refractivity contribution in [1.29, 1.82) is 0 Å². The summed E-state index contributed by atoms with van der Waals surface area (Å²) in [4.78, 5) is 0. The van der Waals surface area contributed by atoms with Crippen LogP contribution in [0.1, 0.15) is 5.69 Å². The van der Waals surface area contributed by atoms with Crippen LogP contribution in [0.25, 0.3) is 10.9 Å². The number of phenols is 1. The molecule has 2 rings (SSSR count). The third kappa shape index (κ3) is 1.22. The molecule has 0 spiro atoms. The first-order valence-electron chi connectivity index (χ1n) is 4.31. The summed E-state index contributed by atoms with van der Waals surface area (Å²) in [5.74, 6) is 0.290. The minimum Gasteiger partial charge on any atom is -0.507 e. The standard InChI is InChI=1S/C10H11BrN2O/c1-13-6(5-12)4-7-9(14)3-2-8(11)10(7)13/h2-4,14H,5,12H2,1H3. The summed E-state index contributed by atoms with van der Waals surface area (Å²) in [6.45, 7) is 0.469. The van der Waals surface area contributed by atoms with Crippen LogP contribution >= 0.6 is 15.9 Å². The Hall–Kier alpha value is -1.000. The quantitative estimate of drug-likeness (QED) is 0.819. The van der Waals surface area contributed by atoms with E-state index in [2.05, 4.69) is 15.9 Å². The van der Waals surface area contributed by atoms with Crippen LogP contribution in [0.5, 0.6) is 5.75 Å². The zero-order valence-electron chi connectivity index (χ0n) is 7.79. The summed E-state index contributed by atoms with van der Waals surface area (Å²) >= 11 is 3.45. The molecule has 4 heteroatoms. The van der Waals surface area contributed by atoms with Gasteiger partial charge in [-0.25, -0.2) is 0 Å². The molecule has 0 saturated carbocycles. The van der Waals surface area contributed by atoms with Gasteiger partial charge in [-0.05, 0) is 34.1 Å². The number of hydrogen-bond donors (Lipinski definition) is 2. The average Bonchev–Trinajstić information content (AvgIpc) is 2.51. The first kappa shape index (κ1) is 9.55. The Balaban J connectivity index is 2.90. The van der Waals surface area contributed by atoms with Crippen molar-refractivity contribution in [2.24, 2.45) is 12.8 Å². The van der Waals surface area contributed by atoms with E-state index in [-0.39, 0.29) is 0 Å². The van der Waals surface area contributed by atoms with Crippen molar-refractivity contribution in [2.75, 3.05) is 0 Å². The fourth-order valence-electron chi connectivity index (χ4n) is 1.66. The molecule has 0 fully saturated rings. The Labute approximate surface area is 90.3 Å². The molecule has 3 nitrogen and oxygen atoms in total. The molecule has 2 aromatic rings. The number of hydrogen-bond acceptors (Lipinski definition) is 2. The van der Waals surface area contributed by atoms with Crippen molar-refractivity contribution < 1.29 is 5.11 Å². The normalized spacial score (nSPS) is 11.1. The van der Waals surface area contributed by atoms with Crippen LogP contribution in [0.4, 0.5) is 0 Å². The summed E-state index contributed by atoms with van der Waals surface area (Å²) in [5.41, 5.74) is 7.58. The lowest BCUT2D eigenvalue weighted by Crippen LogP contribution is -2.02. The van der Waals surface area contributed by atoms with Gasteiger partial charge in [-0.1, -0.05) is 0 Å². The van der Waals surface area contributed by atoms with Gasteiger partial charge in [0.2, 0.25) is 0 Å². The molecule has 74 valence electrons. The number of nitrogens with two attached hydrogens (primary N) is 1. The van der Waals surface area contributed by atoms with E-state index in [0.717, 1.165) is 21.1 Å². The van der Waals surface area contributed by atoms with Crippen LogP contribution < -0.4 is 5.73 Å². The van der Waals surface area contributed by atoms with Crippen LogP contribution in [-0.4, -0.2) is 9.67 Å². The average molecular weight is 255 g/mol. The molecule has 0 radical (unpaired) electrons. The van der Waals surface area contributed by atoms with Crippen LogP contribution in [0.2, 0.25) is 0 Å². The summed E-state index contributed by atoms with van der Waals surface area (Å²) in [5, 5.41) is 10.5. The molecule has 0 bridgehead atoms. The van der Waals surface area contributed by atoms with Crippen molar-refractivity contribution in [1.82, 2.24) is 4.57 Å². The van der Waals surface area contributed by atoms with E-state index in [0.29, 0.717) is 12.3 Å². The number of aryl methyl sites for hydroxylation is 1. The molecular formula is C10H11BrN2O. The third-order valence-electron chi connectivity index (χ3n) is 2.43. The van der Waals surface area contributed by atoms with Gasteiger partial charge in [0, 0.05) is 29.1 Å². The van der Waals surface area contributed by atoms with Gasteiger partial charge < -0.3 is 15.4 Å². The lowest BCUT2D eigenvalue weighted by atomic mass is 10.2. The minimum atomic E-state index is 0.290. The molecule has 0 amide bonds. The van der Waals surface area contributed by atoms with E-state index in [9.17, 15) is 5.11 Å². The third-order valence-corrected chi connectivity index (χ3v) is 3.07. The molecule has 1 aromatic heterocycles. The second-order valence-electron chi connectivity index (χ2n) is 3.23. The van der Waals surface area contributed by atoms with E-state index in [1.165, 1.54) is 0 Å². The maximum atomic E-state index is 9.65. The number of aromatic hydroxyl groups is 1. The van der Waals surface area contributed by atoms with Gasteiger partial charge in [0.1, 0.15) is 5.75 Å². The lowest BCUT2D eigenvalue weighted by Gasteiger charge is -2.03.